The van der Waals surface area contributed by atoms with Crippen molar-refractivity contribution in [2.75, 3.05) is 6.61 Å². The molecule has 0 heterocycles. The van der Waals surface area contributed by atoms with Gasteiger partial charge in [-0.15, -0.1) is 6.42 Å². The molecule has 0 atom stereocenters. The highest BCUT2D eigenvalue weighted by Gasteiger charge is 2.06. The molecule has 0 saturated carbocycles. The Hall–Kier alpha value is -1.83. The average Bonchev–Trinajstić information content (AvgIpc) is 1.98. The van der Waals surface area contributed by atoms with Crippen molar-refractivity contribution >= 4 is 17.7 Å². The topological polar surface area (TPSA) is 80.7 Å². The van der Waals surface area contributed by atoms with Gasteiger partial charge in [0.05, 0.1) is 0 Å². The molecule has 0 bridgehead atoms. The number of Topliss-reactive ketones (excluding diaryl/α,β-unsaturated/α-hetero) is 1. The lowest BCUT2D eigenvalue weighted by atomic mass is 10.5. The zero-order valence-corrected chi connectivity index (χ0v) is 7.36. The molecular weight excluding hydrogens is 176 g/mol. The maximum Gasteiger partial charge on any atom is 0.375 e. The Bertz CT molecular complexity index is 231. The minimum absolute atomic E-state index is 0.140. The van der Waals surface area contributed by atoms with Crippen LogP contribution in [0.5, 0.6) is 0 Å². The Morgan fingerprint density at radius 1 is 1.38 bits per heavy atom. The monoisotopic (exact) mass is 186 g/mol. The Morgan fingerprint density at radius 3 is 2.00 bits per heavy atom. The number of carbonyl (C=O) groups excluding carboxylic acids is 2. The van der Waals surface area contributed by atoms with Crippen LogP contribution in [-0.2, 0) is 19.1 Å². The summed E-state index contributed by atoms with van der Waals surface area (Å²) in [5, 5.41) is 7.42. The molecule has 0 aliphatic carbocycles. The van der Waals surface area contributed by atoms with Crippen molar-refractivity contribution in [1.82, 2.24) is 0 Å². The number of carboxylic acid groups (broad SMARTS) is 1. The molecule has 72 valence electrons. The Labute approximate surface area is 75.7 Å². The molecular formula is C8H10O5. The van der Waals surface area contributed by atoms with Gasteiger partial charge in [0.2, 0.25) is 5.78 Å². The summed E-state index contributed by atoms with van der Waals surface area (Å²) in [7, 11) is 0. The first-order valence-electron chi connectivity index (χ1n) is 3.22. The lowest BCUT2D eigenvalue weighted by Crippen LogP contribution is -2.13. The predicted octanol–water partition coefficient (Wildman–Crippen LogP) is -0.157. The van der Waals surface area contributed by atoms with E-state index >= 15 is 0 Å². The second kappa shape index (κ2) is 8.27. The van der Waals surface area contributed by atoms with Gasteiger partial charge in [-0.2, -0.15) is 0 Å². The van der Waals surface area contributed by atoms with Crippen molar-refractivity contribution in [1.29, 1.82) is 0 Å². The number of ether oxygens (including phenoxy) is 1. The molecule has 0 amide bonds. The molecule has 0 spiro atoms. The molecule has 0 aliphatic heterocycles. The summed E-state index contributed by atoms with van der Waals surface area (Å²) in [5.41, 5.74) is 0. The van der Waals surface area contributed by atoms with E-state index in [1.54, 1.807) is 0 Å². The van der Waals surface area contributed by atoms with E-state index in [0.717, 1.165) is 13.8 Å². The van der Waals surface area contributed by atoms with Gasteiger partial charge in [0, 0.05) is 13.8 Å². The summed E-state index contributed by atoms with van der Waals surface area (Å²) in [4.78, 5) is 29.3. The van der Waals surface area contributed by atoms with E-state index in [1.807, 2.05) is 0 Å². The van der Waals surface area contributed by atoms with Gasteiger partial charge in [0.1, 0.15) is 0 Å². The third-order valence-corrected chi connectivity index (χ3v) is 0.574. The van der Waals surface area contributed by atoms with E-state index in [9.17, 15) is 9.59 Å². The van der Waals surface area contributed by atoms with Crippen LogP contribution in [0.25, 0.3) is 0 Å². The van der Waals surface area contributed by atoms with Crippen molar-refractivity contribution in [3.63, 3.8) is 0 Å². The van der Waals surface area contributed by atoms with Gasteiger partial charge >= 0.3 is 5.97 Å². The van der Waals surface area contributed by atoms with Gasteiger partial charge in [-0.25, -0.2) is 4.79 Å². The van der Waals surface area contributed by atoms with Crippen molar-refractivity contribution < 1.29 is 24.2 Å². The molecule has 13 heavy (non-hydrogen) atoms. The summed E-state index contributed by atoms with van der Waals surface area (Å²) in [6, 6.07) is 0. The first-order valence-corrected chi connectivity index (χ1v) is 3.22. The Morgan fingerprint density at radius 2 is 1.77 bits per heavy atom. The fourth-order valence-electron chi connectivity index (χ4n) is 0.209. The summed E-state index contributed by atoms with van der Waals surface area (Å²) in [6.07, 6.45) is 4.74. The Kier molecular flexibility index (Phi) is 8.74. The van der Waals surface area contributed by atoms with Gasteiger partial charge in [-0.05, 0) is 0 Å². The molecule has 0 aromatic rings. The highest BCUT2D eigenvalue weighted by atomic mass is 16.5. The highest BCUT2D eigenvalue weighted by Crippen LogP contribution is 1.77. The fourth-order valence-corrected chi connectivity index (χ4v) is 0.209. The van der Waals surface area contributed by atoms with Gasteiger partial charge in [-0.3, -0.25) is 9.59 Å². The number of rotatable bonds is 2. The molecule has 0 rings (SSSR count). The predicted molar refractivity (Wildman–Crippen MR) is 43.8 cm³/mol. The maximum atomic E-state index is 10.2. The molecule has 5 heteroatoms. The number of carbonyl (C=O) groups is 3. The van der Waals surface area contributed by atoms with Crippen molar-refractivity contribution in [2.45, 2.75) is 13.8 Å². The first kappa shape index (κ1) is 13.7. The molecule has 0 unspecified atom stereocenters. The summed E-state index contributed by atoms with van der Waals surface area (Å²) in [5.74, 6) is -0.291. The molecule has 0 aromatic carbocycles. The van der Waals surface area contributed by atoms with Gasteiger partial charge in [0.15, 0.2) is 6.61 Å². The SMILES string of the molecule is C#CCOC(=O)C(C)=O.CC(=O)O. The zero-order chi connectivity index (χ0) is 10.9. The average molecular weight is 186 g/mol. The summed E-state index contributed by atoms with van der Waals surface area (Å²) < 4.78 is 4.23. The standard InChI is InChI=1S/C6H6O3.C2H4O2/c1-3-4-9-6(8)5(2)7;1-2(3)4/h1H,4H2,2H3;1H3,(H,3,4). The van der Waals surface area contributed by atoms with E-state index in [4.69, 9.17) is 16.3 Å². The van der Waals surface area contributed by atoms with Crippen LogP contribution in [0.15, 0.2) is 0 Å². The van der Waals surface area contributed by atoms with Crippen molar-refractivity contribution in [2.24, 2.45) is 0 Å². The summed E-state index contributed by atoms with van der Waals surface area (Å²) >= 11 is 0. The number of hydrogen-bond donors (Lipinski definition) is 1. The molecule has 0 aliphatic rings. The molecule has 0 aromatic heterocycles. The van der Waals surface area contributed by atoms with E-state index in [2.05, 4.69) is 10.7 Å². The Balaban J connectivity index is 0. The fraction of sp³-hybridized carbons (Fsp3) is 0.375. The second-order valence-electron chi connectivity index (χ2n) is 1.86. The smallest absolute Gasteiger partial charge is 0.375 e. The quantitative estimate of drug-likeness (QED) is 0.368. The number of terminal acetylenes is 1. The van der Waals surface area contributed by atoms with Crippen LogP contribution in [0.1, 0.15) is 13.8 Å². The van der Waals surface area contributed by atoms with E-state index in [0.29, 0.717) is 0 Å². The normalized spacial score (nSPS) is 7.15. The lowest BCUT2D eigenvalue weighted by molar-refractivity contribution is -0.151. The third-order valence-electron chi connectivity index (χ3n) is 0.574. The van der Waals surface area contributed by atoms with Crippen LogP contribution in [-0.4, -0.2) is 29.4 Å². The van der Waals surface area contributed by atoms with Crippen LogP contribution in [0.2, 0.25) is 0 Å². The molecule has 0 fully saturated rings. The largest absolute Gasteiger partial charge is 0.481 e. The van der Waals surface area contributed by atoms with Crippen molar-refractivity contribution in [3.8, 4) is 12.3 Å². The number of ketones is 1. The maximum absolute atomic E-state index is 10.2. The molecule has 1 N–H and O–H groups in total. The van der Waals surface area contributed by atoms with Crippen LogP contribution < -0.4 is 0 Å². The molecule has 0 saturated heterocycles. The van der Waals surface area contributed by atoms with Crippen LogP contribution in [0, 0.1) is 12.3 Å². The summed E-state index contributed by atoms with van der Waals surface area (Å²) in [6.45, 7) is 2.07. The number of carboxylic acids is 1. The number of hydrogen-bond acceptors (Lipinski definition) is 4. The lowest BCUT2D eigenvalue weighted by Gasteiger charge is -1.92. The zero-order valence-electron chi connectivity index (χ0n) is 7.36. The third kappa shape index (κ3) is 17.8. The highest BCUT2D eigenvalue weighted by molar-refractivity contribution is 6.32. The number of aliphatic carboxylic acids is 1. The van der Waals surface area contributed by atoms with Gasteiger partial charge in [-0.1, -0.05) is 5.92 Å². The molecule has 0 radical (unpaired) electrons. The second-order valence-corrected chi connectivity index (χ2v) is 1.86. The molecule has 5 nitrogen and oxygen atoms in total. The van der Waals surface area contributed by atoms with Crippen LogP contribution >= 0.6 is 0 Å². The van der Waals surface area contributed by atoms with E-state index < -0.39 is 17.7 Å². The van der Waals surface area contributed by atoms with Gasteiger partial charge in [0.25, 0.3) is 5.97 Å². The van der Waals surface area contributed by atoms with Crippen molar-refractivity contribution in [3.05, 3.63) is 0 Å². The van der Waals surface area contributed by atoms with Crippen LogP contribution in [0.3, 0.4) is 0 Å². The van der Waals surface area contributed by atoms with Crippen LogP contribution in [0.4, 0.5) is 0 Å². The van der Waals surface area contributed by atoms with Gasteiger partial charge < -0.3 is 9.84 Å². The minimum Gasteiger partial charge on any atom is -0.481 e. The number of esters is 1. The van der Waals surface area contributed by atoms with E-state index in [1.165, 1.54) is 0 Å². The minimum atomic E-state index is -0.882. The first-order chi connectivity index (χ1) is 5.91. The van der Waals surface area contributed by atoms with E-state index in [-0.39, 0.29) is 6.61 Å².